The van der Waals surface area contributed by atoms with E-state index in [2.05, 4.69) is 15.3 Å². The molecule has 0 unspecified atom stereocenters. The van der Waals surface area contributed by atoms with Crippen LogP contribution in [0.5, 0.6) is 0 Å². The molecule has 1 amide bonds. The highest BCUT2D eigenvalue weighted by atomic mass is 32.1. The lowest BCUT2D eigenvalue weighted by Crippen LogP contribution is -2.52. The van der Waals surface area contributed by atoms with E-state index in [0.29, 0.717) is 12.0 Å². The van der Waals surface area contributed by atoms with E-state index < -0.39 is 0 Å². The molecule has 0 bridgehead atoms. The molecule has 7 heteroatoms. The third kappa shape index (κ3) is 3.59. The minimum absolute atomic E-state index is 0.133. The van der Waals surface area contributed by atoms with Crippen molar-refractivity contribution < 1.29 is 9.53 Å². The first kappa shape index (κ1) is 17.4. The van der Waals surface area contributed by atoms with Gasteiger partial charge in [-0.15, -0.1) is 11.3 Å². The summed E-state index contributed by atoms with van der Waals surface area (Å²) in [6, 6.07) is 4.14. The molecule has 2 aromatic rings. The molecule has 0 saturated carbocycles. The summed E-state index contributed by atoms with van der Waals surface area (Å²) in [7, 11) is 0. The molecule has 2 saturated heterocycles. The molecular formula is C19H24N4O2S. The van der Waals surface area contributed by atoms with Crippen LogP contribution in [0.4, 0.5) is 5.95 Å². The number of hydrogen-bond donors (Lipinski definition) is 1. The number of thiophene rings is 1. The first-order chi connectivity index (χ1) is 12.7. The second kappa shape index (κ2) is 7.32. The van der Waals surface area contributed by atoms with Crippen LogP contribution in [0.3, 0.4) is 0 Å². The lowest BCUT2D eigenvalue weighted by Gasteiger charge is -2.46. The Morgan fingerprint density at radius 2 is 2.12 bits per heavy atom. The zero-order valence-corrected chi connectivity index (χ0v) is 15.8. The Kier molecular flexibility index (Phi) is 4.91. The van der Waals surface area contributed by atoms with Gasteiger partial charge in [0.05, 0.1) is 10.5 Å². The maximum absolute atomic E-state index is 12.7. The molecular weight excluding hydrogens is 348 g/mol. The van der Waals surface area contributed by atoms with Gasteiger partial charge in [0, 0.05) is 38.1 Å². The summed E-state index contributed by atoms with van der Waals surface area (Å²) in [5.41, 5.74) is 0.938. The van der Waals surface area contributed by atoms with Gasteiger partial charge < -0.3 is 15.0 Å². The SMILES string of the molecule is Cc1ccsc1C(=O)N1CCC2(CC1)C[C@H](Nc1ncccn1)CCO2. The van der Waals surface area contributed by atoms with Crippen molar-refractivity contribution in [2.24, 2.45) is 0 Å². The molecule has 1 spiro atoms. The van der Waals surface area contributed by atoms with E-state index in [9.17, 15) is 4.79 Å². The van der Waals surface area contributed by atoms with Gasteiger partial charge in [0.1, 0.15) is 0 Å². The Morgan fingerprint density at radius 3 is 2.81 bits per heavy atom. The Bertz CT molecular complexity index is 756. The van der Waals surface area contributed by atoms with E-state index in [1.165, 1.54) is 11.3 Å². The molecule has 138 valence electrons. The first-order valence-corrected chi connectivity index (χ1v) is 10.0. The van der Waals surface area contributed by atoms with Crippen LogP contribution in [0.2, 0.25) is 0 Å². The minimum Gasteiger partial charge on any atom is -0.375 e. The van der Waals surface area contributed by atoms with Crippen LogP contribution in [-0.2, 0) is 4.74 Å². The first-order valence-electron chi connectivity index (χ1n) is 9.16. The van der Waals surface area contributed by atoms with Crippen LogP contribution < -0.4 is 5.32 Å². The van der Waals surface area contributed by atoms with Gasteiger partial charge in [-0.25, -0.2) is 9.97 Å². The van der Waals surface area contributed by atoms with E-state index in [4.69, 9.17) is 4.74 Å². The van der Waals surface area contributed by atoms with Crippen LogP contribution in [0.1, 0.15) is 40.9 Å². The smallest absolute Gasteiger partial charge is 0.264 e. The van der Waals surface area contributed by atoms with E-state index in [1.807, 2.05) is 29.3 Å². The van der Waals surface area contributed by atoms with E-state index in [1.54, 1.807) is 12.4 Å². The fraction of sp³-hybridized carbons (Fsp3) is 0.526. The quantitative estimate of drug-likeness (QED) is 0.897. The van der Waals surface area contributed by atoms with Crippen LogP contribution in [0.25, 0.3) is 0 Å². The Balaban J connectivity index is 1.37. The number of ether oxygens (including phenoxy) is 1. The number of nitrogens with one attached hydrogen (secondary N) is 1. The van der Waals surface area contributed by atoms with Crippen molar-refractivity contribution in [1.82, 2.24) is 14.9 Å². The van der Waals surface area contributed by atoms with Crippen molar-refractivity contribution in [2.45, 2.75) is 44.2 Å². The van der Waals surface area contributed by atoms with Gasteiger partial charge in [0.25, 0.3) is 5.91 Å². The highest BCUT2D eigenvalue weighted by molar-refractivity contribution is 7.12. The molecule has 0 aromatic carbocycles. The van der Waals surface area contributed by atoms with Gasteiger partial charge in [-0.1, -0.05) is 0 Å². The predicted octanol–water partition coefficient (Wildman–Crippen LogP) is 3.11. The maximum Gasteiger partial charge on any atom is 0.264 e. The molecule has 1 atom stereocenters. The molecule has 0 radical (unpaired) electrons. The molecule has 26 heavy (non-hydrogen) atoms. The van der Waals surface area contributed by atoms with E-state index >= 15 is 0 Å². The van der Waals surface area contributed by atoms with Crippen LogP contribution in [0, 0.1) is 6.92 Å². The highest BCUT2D eigenvalue weighted by Gasteiger charge is 2.41. The summed E-state index contributed by atoms with van der Waals surface area (Å²) in [6.45, 7) is 4.25. The minimum atomic E-state index is -0.133. The molecule has 0 aliphatic carbocycles. The molecule has 2 aliphatic heterocycles. The topological polar surface area (TPSA) is 67.4 Å². The van der Waals surface area contributed by atoms with Gasteiger partial charge in [0.2, 0.25) is 5.95 Å². The third-order valence-electron chi connectivity index (χ3n) is 5.41. The lowest BCUT2D eigenvalue weighted by atomic mass is 9.82. The largest absolute Gasteiger partial charge is 0.375 e. The molecule has 4 rings (SSSR count). The summed E-state index contributed by atoms with van der Waals surface area (Å²) >= 11 is 1.53. The number of aromatic nitrogens is 2. The Morgan fingerprint density at radius 1 is 1.35 bits per heavy atom. The number of likely N-dealkylation sites (tertiary alicyclic amines) is 1. The summed E-state index contributed by atoms with van der Waals surface area (Å²) in [5, 5.41) is 5.42. The Hall–Kier alpha value is -1.99. The number of hydrogen-bond acceptors (Lipinski definition) is 6. The second-order valence-corrected chi connectivity index (χ2v) is 8.08. The number of amides is 1. The number of carbonyl (C=O) groups is 1. The number of nitrogens with zero attached hydrogens (tertiary/aromatic N) is 3. The van der Waals surface area contributed by atoms with Crippen LogP contribution >= 0.6 is 11.3 Å². The van der Waals surface area contributed by atoms with E-state index in [-0.39, 0.29) is 11.5 Å². The fourth-order valence-corrected chi connectivity index (χ4v) is 4.80. The second-order valence-electron chi connectivity index (χ2n) is 7.16. The average Bonchev–Trinajstić information content (AvgIpc) is 3.09. The van der Waals surface area contributed by atoms with Crippen molar-refractivity contribution in [1.29, 1.82) is 0 Å². The van der Waals surface area contributed by atoms with Gasteiger partial charge in [-0.3, -0.25) is 4.79 Å². The third-order valence-corrected chi connectivity index (χ3v) is 6.41. The summed E-state index contributed by atoms with van der Waals surface area (Å²) in [6.07, 6.45) is 7.17. The average molecular weight is 372 g/mol. The zero-order chi connectivity index (χ0) is 18.0. The van der Waals surface area contributed by atoms with Gasteiger partial charge >= 0.3 is 0 Å². The standard InChI is InChI=1S/C19H24N4O2S/c1-14-4-12-26-16(14)17(24)23-9-5-19(6-10-23)13-15(3-11-25-19)22-18-20-7-2-8-21-18/h2,4,7-8,12,15H,3,5-6,9-11,13H2,1H3,(H,20,21,22)/t15-/m1/s1. The maximum atomic E-state index is 12.7. The van der Waals surface area contributed by atoms with Crippen molar-refractivity contribution in [3.8, 4) is 0 Å². The molecule has 4 heterocycles. The highest BCUT2D eigenvalue weighted by Crippen LogP contribution is 2.36. The zero-order valence-electron chi connectivity index (χ0n) is 15.0. The summed E-state index contributed by atoms with van der Waals surface area (Å²) in [5.74, 6) is 0.839. The molecule has 6 nitrogen and oxygen atoms in total. The number of rotatable bonds is 3. The van der Waals surface area contributed by atoms with Gasteiger partial charge in [0.15, 0.2) is 0 Å². The molecule has 2 aromatic heterocycles. The van der Waals surface area contributed by atoms with Crippen LogP contribution in [-0.4, -0.2) is 52.1 Å². The van der Waals surface area contributed by atoms with E-state index in [0.717, 1.165) is 55.8 Å². The number of piperidine rings is 1. The van der Waals surface area contributed by atoms with Gasteiger partial charge in [-0.05, 0) is 55.7 Å². The normalized spacial score (nSPS) is 22.3. The number of carbonyl (C=O) groups excluding carboxylic acids is 1. The molecule has 2 aliphatic rings. The Labute approximate surface area is 157 Å². The molecule has 1 N–H and O–H groups in total. The van der Waals surface area contributed by atoms with Crippen molar-refractivity contribution in [3.05, 3.63) is 40.3 Å². The monoisotopic (exact) mass is 372 g/mol. The summed E-state index contributed by atoms with van der Waals surface area (Å²) < 4.78 is 6.20. The van der Waals surface area contributed by atoms with Crippen molar-refractivity contribution in [2.75, 3.05) is 25.0 Å². The van der Waals surface area contributed by atoms with Gasteiger partial charge in [-0.2, -0.15) is 0 Å². The van der Waals surface area contributed by atoms with Crippen LogP contribution in [0.15, 0.2) is 29.9 Å². The number of aryl methyl sites for hydroxylation is 1. The lowest BCUT2D eigenvalue weighted by molar-refractivity contribution is -0.110. The predicted molar refractivity (Wildman–Crippen MR) is 102 cm³/mol. The molecule has 2 fully saturated rings. The number of anilines is 1. The fourth-order valence-electron chi connectivity index (χ4n) is 3.91. The van der Waals surface area contributed by atoms with Crippen molar-refractivity contribution in [3.63, 3.8) is 0 Å². The van der Waals surface area contributed by atoms with Crippen molar-refractivity contribution >= 4 is 23.2 Å². The summed E-state index contributed by atoms with van der Waals surface area (Å²) in [4.78, 5) is 24.1.